The first kappa shape index (κ1) is 12.9. The number of oxime groups is 1. The summed E-state index contributed by atoms with van der Waals surface area (Å²) in [6.07, 6.45) is 5.86. The van der Waals surface area contributed by atoms with E-state index in [0.717, 1.165) is 12.8 Å². The van der Waals surface area contributed by atoms with E-state index in [-0.39, 0.29) is 11.9 Å². The molecular weight excluding hydrogens is 233 g/mol. The molecule has 3 nitrogen and oxygen atoms in total. The fraction of sp³-hybridized carbons (Fsp3) is 0.500. The lowest BCUT2D eigenvalue weighted by atomic mass is 9.97. The van der Waals surface area contributed by atoms with Crippen LogP contribution in [-0.4, -0.2) is 17.0 Å². The van der Waals surface area contributed by atoms with Crippen LogP contribution in [0.1, 0.15) is 44.6 Å². The second kappa shape index (κ2) is 5.85. The van der Waals surface area contributed by atoms with Crippen LogP contribution in [0.15, 0.2) is 23.4 Å². The number of nitrogens with zero attached hydrogens (tertiary/aromatic N) is 1. The first-order valence-electron chi connectivity index (χ1n) is 6.36. The molecule has 1 saturated carbocycles. The summed E-state index contributed by atoms with van der Waals surface area (Å²) >= 11 is 0. The van der Waals surface area contributed by atoms with Gasteiger partial charge in [-0.15, -0.1) is 0 Å². The van der Waals surface area contributed by atoms with Gasteiger partial charge in [0.25, 0.3) is 0 Å². The van der Waals surface area contributed by atoms with Gasteiger partial charge in [0.15, 0.2) is 0 Å². The second-order valence-corrected chi connectivity index (χ2v) is 4.70. The highest BCUT2D eigenvalue weighted by Gasteiger charge is 2.17. The number of benzene rings is 1. The van der Waals surface area contributed by atoms with E-state index in [1.54, 1.807) is 13.0 Å². The van der Waals surface area contributed by atoms with E-state index in [4.69, 9.17) is 9.94 Å². The van der Waals surface area contributed by atoms with E-state index >= 15 is 0 Å². The number of ether oxygens (including phenoxy) is 1. The second-order valence-electron chi connectivity index (χ2n) is 4.70. The van der Waals surface area contributed by atoms with Gasteiger partial charge in [0.2, 0.25) is 0 Å². The monoisotopic (exact) mass is 251 g/mol. The number of halogens is 1. The summed E-state index contributed by atoms with van der Waals surface area (Å²) in [6.45, 7) is 1.63. The van der Waals surface area contributed by atoms with Crippen molar-refractivity contribution in [3.05, 3.63) is 29.6 Å². The highest BCUT2D eigenvalue weighted by molar-refractivity contribution is 6.00. The van der Waals surface area contributed by atoms with Crippen molar-refractivity contribution in [3.63, 3.8) is 0 Å². The summed E-state index contributed by atoms with van der Waals surface area (Å²) in [5.41, 5.74) is 0.878. The number of rotatable bonds is 3. The predicted octanol–water partition coefficient (Wildman–Crippen LogP) is 3.74. The number of hydrogen-bond acceptors (Lipinski definition) is 3. The summed E-state index contributed by atoms with van der Waals surface area (Å²) in [5, 5.41) is 11.9. The van der Waals surface area contributed by atoms with Gasteiger partial charge in [0.1, 0.15) is 11.6 Å². The van der Waals surface area contributed by atoms with E-state index in [0.29, 0.717) is 17.0 Å². The number of hydrogen-bond donors (Lipinski definition) is 1. The summed E-state index contributed by atoms with van der Waals surface area (Å²) in [7, 11) is 0. The molecule has 1 aliphatic rings. The molecule has 0 saturated heterocycles. The minimum Gasteiger partial charge on any atom is -0.490 e. The summed E-state index contributed by atoms with van der Waals surface area (Å²) in [5.74, 6) is 0.239. The first-order chi connectivity index (χ1) is 8.70. The van der Waals surface area contributed by atoms with Crippen molar-refractivity contribution in [1.82, 2.24) is 0 Å². The molecule has 18 heavy (non-hydrogen) atoms. The standard InChI is InChI=1S/C14H18FNO2/c1-10(16-17)13-9-11(15)7-8-14(13)18-12-5-3-2-4-6-12/h7-9,12,17H,2-6H2,1H3. The molecule has 1 fully saturated rings. The molecule has 0 heterocycles. The average Bonchev–Trinajstić information content (AvgIpc) is 2.41. The van der Waals surface area contributed by atoms with Gasteiger partial charge in [-0.1, -0.05) is 11.6 Å². The SMILES string of the molecule is CC(=NO)c1cc(F)ccc1OC1CCCCC1. The van der Waals surface area contributed by atoms with Crippen molar-refractivity contribution in [2.45, 2.75) is 45.1 Å². The Hall–Kier alpha value is -1.58. The van der Waals surface area contributed by atoms with Crippen molar-refractivity contribution in [3.8, 4) is 5.75 Å². The fourth-order valence-corrected chi connectivity index (χ4v) is 2.30. The van der Waals surface area contributed by atoms with Gasteiger partial charge in [0, 0.05) is 5.56 Å². The highest BCUT2D eigenvalue weighted by Crippen LogP contribution is 2.27. The topological polar surface area (TPSA) is 41.8 Å². The molecular formula is C14H18FNO2. The lowest BCUT2D eigenvalue weighted by Gasteiger charge is -2.24. The third-order valence-corrected chi connectivity index (χ3v) is 3.33. The van der Waals surface area contributed by atoms with Gasteiger partial charge in [-0.05, 0) is 50.8 Å². The normalized spacial score (nSPS) is 17.8. The van der Waals surface area contributed by atoms with Gasteiger partial charge < -0.3 is 9.94 Å². The Morgan fingerprint density at radius 1 is 1.33 bits per heavy atom. The maximum Gasteiger partial charge on any atom is 0.129 e. The van der Waals surface area contributed by atoms with Crippen molar-refractivity contribution in [2.75, 3.05) is 0 Å². The quantitative estimate of drug-likeness (QED) is 0.505. The van der Waals surface area contributed by atoms with Crippen molar-refractivity contribution < 1.29 is 14.3 Å². The van der Waals surface area contributed by atoms with Crippen LogP contribution in [0.5, 0.6) is 5.75 Å². The molecule has 98 valence electrons. The third kappa shape index (κ3) is 3.00. The smallest absolute Gasteiger partial charge is 0.129 e. The summed E-state index contributed by atoms with van der Waals surface area (Å²) in [4.78, 5) is 0. The predicted molar refractivity (Wildman–Crippen MR) is 67.9 cm³/mol. The van der Waals surface area contributed by atoms with E-state index in [2.05, 4.69) is 5.16 Å². The lowest BCUT2D eigenvalue weighted by molar-refractivity contribution is 0.154. The van der Waals surface area contributed by atoms with Crippen LogP contribution >= 0.6 is 0 Å². The first-order valence-corrected chi connectivity index (χ1v) is 6.36. The molecule has 1 aromatic rings. The Labute approximate surface area is 106 Å². The Bertz CT molecular complexity index is 439. The molecule has 0 atom stereocenters. The van der Waals surface area contributed by atoms with Gasteiger partial charge >= 0.3 is 0 Å². The van der Waals surface area contributed by atoms with Crippen LogP contribution in [-0.2, 0) is 0 Å². The van der Waals surface area contributed by atoms with Crippen LogP contribution in [0.4, 0.5) is 4.39 Å². The molecule has 0 unspecified atom stereocenters. The zero-order chi connectivity index (χ0) is 13.0. The molecule has 4 heteroatoms. The fourth-order valence-electron chi connectivity index (χ4n) is 2.30. The van der Waals surface area contributed by atoms with Crippen LogP contribution in [0.3, 0.4) is 0 Å². The lowest BCUT2D eigenvalue weighted by Crippen LogP contribution is -2.20. The van der Waals surface area contributed by atoms with E-state index in [1.807, 2.05) is 0 Å². The summed E-state index contributed by atoms with van der Waals surface area (Å²) in [6, 6.07) is 4.31. The molecule has 0 spiro atoms. The van der Waals surface area contributed by atoms with Crippen LogP contribution in [0.25, 0.3) is 0 Å². The maximum atomic E-state index is 13.2. The van der Waals surface area contributed by atoms with Gasteiger partial charge in [0.05, 0.1) is 11.8 Å². The molecule has 2 rings (SSSR count). The molecule has 1 aliphatic carbocycles. The minimum atomic E-state index is -0.357. The minimum absolute atomic E-state index is 0.189. The van der Waals surface area contributed by atoms with Gasteiger partial charge in [-0.3, -0.25) is 0 Å². The molecule has 0 radical (unpaired) electrons. The highest BCUT2D eigenvalue weighted by atomic mass is 19.1. The van der Waals surface area contributed by atoms with E-state index < -0.39 is 0 Å². The van der Waals surface area contributed by atoms with E-state index in [1.165, 1.54) is 31.4 Å². The summed E-state index contributed by atoms with van der Waals surface area (Å²) < 4.78 is 19.1. The van der Waals surface area contributed by atoms with Crippen LogP contribution in [0, 0.1) is 5.82 Å². The molecule has 0 aromatic heterocycles. The molecule has 1 aromatic carbocycles. The molecule has 0 aliphatic heterocycles. The molecule has 0 amide bonds. The molecule has 0 bridgehead atoms. The van der Waals surface area contributed by atoms with E-state index in [9.17, 15) is 4.39 Å². The Morgan fingerprint density at radius 3 is 2.72 bits per heavy atom. The van der Waals surface area contributed by atoms with Crippen molar-refractivity contribution >= 4 is 5.71 Å². The largest absolute Gasteiger partial charge is 0.490 e. The zero-order valence-electron chi connectivity index (χ0n) is 10.5. The van der Waals surface area contributed by atoms with Gasteiger partial charge in [-0.25, -0.2) is 4.39 Å². The Morgan fingerprint density at radius 2 is 2.06 bits per heavy atom. The average molecular weight is 251 g/mol. The Balaban J connectivity index is 2.20. The van der Waals surface area contributed by atoms with Crippen molar-refractivity contribution in [1.29, 1.82) is 0 Å². The maximum absolute atomic E-state index is 13.2. The van der Waals surface area contributed by atoms with Crippen molar-refractivity contribution in [2.24, 2.45) is 5.16 Å². The zero-order valence-corrected chi connectivity index (χ0v) is 10.5. The Kier molecular flexibility index (Phi) is 4.18. The molecule has 1 N–H and O–H groups in total. The van der Waals surface area contributed by atoms with Gasteiger partial charge in [-0.2, -0.15) is 0 Å². The third-order valence-electron chi connectivity index (χ3n) is 3.33. The van der Waals surface area contributed by atoms with Crippen LogP contribution in [0.2, 0.25) is 0 Å². The van der Waals surface area contributed by atoms with Crippen LogP contribution < -0.4 is 4.74 Å².